The van der Waals surface area contributed by atoms with Gasteiger partial charge in [-0.05, 0) is 61.4 Å². The van der Waals surface area contributed by atoms with Gasteiger partial charge in [-0.1, -0.05) is 46.3 Å². The molecule has 0 aliphatic carbocycles. The van der Waals surface area contributed by atoms with Gasteiger partial charge in [0.25, 0.3) is 11.5 Å². The van der Waals surface area contributed by atoms with Gasteiger partial charge >= 0.3 is 6.18 Å². The Balaban J connectivity index is 1.36. The van der Waals surface area contributed by atoms with E-state index in [1.54, 1.807) is 33.1 Å². The second kappa shape index (κ2) is 11.6. The van der Waals surface area contributed by atoms with E-state index in [-0.39, 0.29) is 28.6 Å². The molecule has 238 valence electrons. The topological polar surface area (TPSA) is 90.3 Å². The monoisotopic (exact) mass is 701 g/mol. The first-order valence-electron chi connectivity index (χ1n) is 14.8. The molecule has 4 heterocycles. The lowest BCUT2D eigenvalue weighted by Gasteiger charge is -2.35. The van der Waals surface area contributed by atoms with Crippen molar-refractivity contribution < 1.29 is 18.0 Å². The van der Waals surface area contributed by atoms with E-state index in [0.717, 1.165) is 22.8 Å². The predicted molar refractivity (Wildman–Crippen MR) is 172 cm³/mol. The maximum atomic E-state index is 14.4. The minimum absolute atomic E-state index is 0.00309. The number of halogens is 4. The molecule has 1 aliphatic rings. The van der Waals surface area contributed by atoms with Crippen molar-refractivity contribution in [2.24, 2.45) is 7.05 Å². The first-order chi connectivity index (χ1) is 22.5. The highest BCUT2D eigenvalue weighted by atomic mass is 79.9. The molecule has 1 unspecified atom stereocenters. The van der Waals surface area contributed by atoms with Crippen LogP contribution in [0.2, 0.25) is 0 Å². The summed E-state index contributed by atoms with van der Waals surface area (Å²) in [5.41, 5.74) is 3.59. The van der Waals surface area contributed by atoms with E-state index in [4.69, 9.17) is 5.10 Å². The molecule has 0 saturated carbocycles. The van der Waals surface area contributed by atoms with Crippen molar-refractivity contribution in [2.45, 2.75) is 38.5 Å². The second-order valence-electron chi connectivity index (χ2n) is 11.6. The van der Waals surface area contributed by atoms with E-state index in [1.165, 1.54) is 17.0 Å². The molecule has 9 nitrogen and oxygen atoms in total. The molecule has 47 heavy (non-hydrogen) atoms. The zero-order chi connectivity index (χ0) is 33.0. The Labute approximate surface area is 275 Å². The molecule has 1 amide bonds. The quantitative estimate of drug-likeness (QED) is 0.212. The lowest BCUT2D eigenvalue weighted by molar-refractivity contribution is -0.138. The van der Waals surface area contributed by atoms with Gasteiger partial charge in [0.05, 0.1) is 29.7 Å². The Morgan fingerprint density at radius 1 is 1.04 bits per heavy atom. The van der Waals surface area contributed by atoms with Crippen LogP contribution < -0.4 is 5.56 Å². The van der Waals surface area contributed by atoms with Crippen molar-refractivity contribution in [1.82, 2.24) is 33.8 Å². The van der Waals surface area contributed by atoms with E-state index >= 15 is 0 Å². The highest BCUT2D eigenvalue weighted by molar-refractivity contribution is 9.10. The molecule has 0 spiro atoms. The average molecular weight is 703 g/mol. The van der Waals surface area contributed by atoms with Gasteiger partial charge in [0.2, 0.25) is 0 Å². The minimum atomic E-state index is -4.64. The molecule has 0 N–H and O–H groups in total. The molecule has 13 heteroatoms. The van der Waals surface area contributed by atoms with Crippen LogP contribution in [0.15, 0.2) is 94.6 Å². The number of rotatable bonds is 5. The summed E-state index contributed by atoms with van der Waals surface area (Å²) < 4.78 is 46.0. The largest absolute Gasteiger partial charge is 0.417 e. The van der Waals surface area contributed by atoms with Crippen LogP contribution in [0.25, 0.3) is 22.7 Å². The van der Waals surface area contributed by atoms with Gasteiger partial charge in [-0.25, -0.2) is 4.52 Å². The van der Waals surface area contributed by atoms with Gasteiger partial charge in [0.1, 0.15) is 12.0 Å². The molecular formula is C34H27BrF3N7O2. The van der Waals surface area contributed by atoms with E-state index in [0.29, 0.717) is 34.8 Å². The average Bonchev–Trinajstić information content (AvgIpc) is 3.67. The van der Waals surface area contributed by atoms with E-state index < -0.39 is 23.7 Å². The van der Waals surface area contributed by atoms with Crippen molar-refractivity contribution >= 4 is 27.5 Å². The van der Waals surface area contributed by atoms with Crippen LogP contribution in [-0.4, -0.2) is 45.8 Å². The molecule has 0 fully saturated rings. The Morgan fingerprint density at radius 2 is 1.79 bits per heavy atom. The van der Waals surface area contributed by atoms with Crippen LogP contribution in [0.4, 0.5) is 13.2 Å². The van der Waals surface area contributed by atoms with Gasteiger partial charge in [0.15, 0.2) is 5.82 Å². The van der Waals surface area contributed by atoms with Gasteiger partial charge in [-0.15, -0.1) is 10.2 Å². The number of carbonyl (C=O) groups is 1. The van der Waals surface area contributed by atoms with Gasteiger partial charge < -0.3 is 9.47 Å². The number of aryl methyl sites for hydroxylation is 1. The Hall–Kier alpha value is -5.04. The number of hydrogen-bond donors (Lipinski definition) is 0. The van der Waals surface area contributed by atoms with Crippen molar-refractivity contribution in [3.8, 4) is 17.1 Å². The number of benzene rings is 3. The van der Waals surface area contributed by atoms with Crippen LogP contribution >= 0.6 is 15.9 Å². The summed E-state index contributed by atoms with van der Waals surface area (Å²) in [6, 6.07) is 20.3. The second-order valence-corrected chi connectivity index (χ2v) is 12.5. The fraction of sp³-hybridized carbons (Fsp3) is 0.206. The Morgan fingerprint density at radius 3 is 2.47 bits per heavy atom. The lowest BCUT2D eigenvalue weighted by Crippen LogP contribution is -2.46. The highest BCUT2D eigenvalue weighted by Gasteiger charge is 2.36. The fourth-order valence-electron chi connectivity index (χ4n) is 6.18. The predicted octanol–water partition coefficient (Wildman–Crippen LogP) is 6.24. The first-order valence-corrected chi connectivity index (χ1v) is 15.6. The summed E-state index contributed by atoms with van der Waals surface area (Å²) in [5, 5.41) is 12.9. The number of fused-ring (bicyclic) bond motifs is 3. The molecule has 1 aliphatic heterocycles. The highest BCUT2D eigenvalue weighted by Crippen LogP contribution is 2.36. The summed E-state index contributed by atoms with van der Waals surface area (Å²) in [6.07, 6.45) is -0.602. The number of amides is 1. The SMILES string of the molecule is CC1Cc2c(n3ncc(Cc4ccccc4)c3n(-c3ccc(-c4nncn4C)cc3)c2=O)CN1C(=O)c1ccc(Br)c(C(F)(F)F)c1. The first kappa shape index (κ1) is 30.6. The standard InChI is InChI=1S/C34H27BrF3N7O2/c1-20-14-26-29(18-43(20)32(46)23-10-13-28(35)27(16-23)34(36,37)38)45-31(24(17-40-45)15-21-6-4-3-5-7-21)44(33(26)47)25-11-8-22(9-12-25)30-41-39-19-42(30)2/h3-13,16-17,19-20H,14-15,18H2,1-2H3. The van der Waals surface area contributed by atoms with Crippen LogP contribution in [0.3, 0.4) is 0 Å². The maximum absolute atomic E-state index is 14.4. The van der Waals surface area contributed by atoms with Gasteiger partial charge in [0, 0.05) is 46.2 Å². The van der Waals surface area contributed by atoms with Crippen molar-refractivity contribution in [1.29, 1.82) is 0 Å². The van der Waals surface area contributed by atoms with E-state index in [2.05, 4.69) is 26.1 Å². The number of aromatic nitrogens is 6. The van der Waals surface area contributed by atoms with E-state index in [1.807, 2.05) is 61.6 Å². The Kier molecular flexibility index (Phi) is 7.58. The minimum Gasteiger partial charge on any atom is -0.330 e. The fourth-order valence-corrected chi connectivity index (χ4v) is 6.65. The van der Waals surface area contributed by atoms with Crippen LogP contribution in [-0.2, 0) is 32.6 Å². The molecule has 1 atom stereocenters. The lowest BCUT2D eigenvalue weighted by atomic mass is 9.97. The van der Waals surface area contributed by atoms with Gasteiger partial charge in [-0.3, -0.25) is 14.2 Å². The van der Waals surface area contributed by atoms with Gasteiger partial charge in [-0.2, -0.15) is 18.3 Å². The van der Waals surface area contributed by atoms with Crippen molar-refractivity contribution in [3.63, 3.8) is 0 Å². The van der Waals surface area contributed by atoms with Crippen LogP contribution in [0, 0.1) is 0 Å². The summed E-state index contributed by atoms with van der Waals surface area (Å²) in [7, 11) is 1.85. The molecule has 7 rings (SSSR count). The molecular weight excluding hydrogens is 675 g/mol. The third kappa shape index (κ3) is 5.43. The molecule has 6 aromatic rings. The molecule has 0 saturated heterocycles. The van der Waals surface area contributed by atoms with Crippen LogP contribution in [0.5, 0.6) is 0 Å². The van der Waals surface area contributed by atoms with Crippen LogP contribution in [0.1, 0.15) is 45.2 Å². The third-order valence-electron chi connectivity index (χ3n) is 8.56. The normalized spacial score (nSPS) is 14.9. The smallest absolute Gasteiger partial charge is 0.330 e. The Bertz CT molecular complexity index is 2210. The maximum Gasteiger partial charge on any atom is 0.417 e. The zero-order valence-electron chi connectivity index (χ0n) is 25.2. The zero-order valence-corrected chi connectivity index (χ0v) is 26.8. The third-order valence-corrected chi connectivity index (χ3v) is 9.25. The van der Waals surface area contributed by atoms with Crippen molar-refractivity contribution in [3.05, 3.63) is 134 Å². The summed E-state index contributed by atoms with van der Waals surface area (Å²) in [5.74, 6) is 0.120. The number of alkyl halides is 3. The van der Waals surface area contributed by atoms with Crippen molar-refractivity contribution in [2.75, 3.05) is 0 Å². The molecule has 0 radical (unpaired) electrons. The summed E-state index contributed by atoms with van der Waals surface area (Å²) >= 11 is 2.95. The summed E-state index contributed by atoms with van der Waals surface area (Å²) in [6.45, 7) is 1.79. The number of hydrogen-bond acceptors (Lipinski definition) is 5. The molecule has 3 aromatic carbocycles. The molecule has 3 aromatic heterocycles. The number of carbonyl (C=O) groups excluding carboxylic acids is 1. The molecule has 0 bridgehead atoms. The summed E-state index contributed by atoms with van der Waals surface area (Å²) in [4.78, 5) is 29.7. The van der Waals surface area contributed by atoms with E-state index in [9.17, 15) is 22.8 Å². The number of nitrogens with zero attached hydrogens (tertiary/aromatic N) is 7.